The van der Waals surface area contributed by atoms with Crippen molar-refractivity contribution in [2.24, 2.45) is 0 Å². The van der Waals surface area contributed by atoms with E-state index in [0.29, 0.717) is 5.91 Å². The molecule has 1 aliphatic carbocycles. The topological polar surface area (TPSA) is 32.3 Å². The summed E-state index contributed by atoms with van der Waals surface area (Å²) in [6.45, 7) is 5.06. The van der Waals surface area contributed by atoms with E-state index in [-0.39, 0.29) is 11.7 Å². The summed E-state index contributed by atoms with van der Waals surface area (Å²) in [6.07, 6.45) is 3.06. The molecule has 1 amide bonds. The van der Waals surface area contributed by atoms with E-state index in [1.807, 2.05) is 4.90 Å². The Labute approximate surface area is 108 Å². The number of rotatable bonds is 3. The fourth-order valence-electron chi connectivity index (χ4n) is 2.85. The van der Waals surface area contributed by atoms with Gasteiger partial charge in [0.25, 0.3) is 0 Å². The smallest absolute Gasteiger partial charge is 0.244 e. The zero-order valence-corrected chi connectivity index (χ0v) is 11.1. The van der Waals surface area contributed by atoms with Crippen molar-refractivity contribution in [1.29, 1.82) is 0 Å². The Bertz CT molecular complexity index is 479. The minimum Gasteiger partial charge on any atom is -0.321 e. The molecule has 2 aliphatic rings. The molecule has 1 unspecified atom stereocenters. The van der Waals surface area contributed by atoms with Gasteiger partial charge in [0, 0.05) is 6.54 Å². The molecule has 1 atom stereocenters. The van der Waals surface area contributed by atoms with Gasteiger partial charge in [0.15, 0.2) is 0 Å². The highest BCUT2D eigenvalue weighted by molar-refractivity contribution is 5.92. The van der Waals surface area contributed by atoms with Crippen LogP contribution in [0.1, 0.15) is 43.5 Å². The van der Waals surface area contributed by atoms with Crippen LogP contribution in [-0.4, -0.2) is 22.9 Å². The lowest BCUT2D eigenvalue weighted by Crippen LogP contribution is -2.32. The molecule has 96 valence electrons. The van der Waals surface area contributed by atoms with Gasteiger partial charge in [-0.15, -0.1) is 0 Å². The lowest BCUT2D eigenvalue weighted by molar-refractivity contribution is -0.130. The van der Waals surface area contributed by atoms with Gasteiger partial charge in [-0.25, -0.2) is 0 Å². The standard InChI is InChI=1S/C15H20N2O/c1-3-9-17-13(12-6-4-5-11(2)10-12)16-15(7-8-15)14(17)18/h4-6,10,13,16H,3,7-9H2,1-2H3. The Balaban J connectivity index is 1.92. The molecule has 2 fully saturated rings. The Kier molecular flexibility index (Phi) is 2.67. The molecule has 3 heteroatoms. The first kappa shape index (κ1) is 11.7. The van der Waals surface area contributed by atoms with Gasteiger partial charge in [0.2, 0.25) is 5.91 Å². The quantitative estimate of drug-likeness (QED) is 0.885. The fraction of sp³-hybridized carbons (Fsp3) is 0.533. The lowest BCUT2D eigenvalue weighted by Gasteiger charge is -2.24. The molecule has 1 aliphatic heterocycles. The molecule has 0 radical (unpaired) electrons. The van der Waals surface area contributed by atoms with E-state index < -0.39 is 0 Å². The minimum absolute atomic E-state index is 0.0693. The highest BCUT2D eigenvalue weighted by atomic mass is 16.2. The van der Waals surface area contributed by atoms with Crippen LogP contribution < -0.4 is 5.32 Å². The third kappa shape index (κ3) is 1.74. The molecule has 18 heavy (non-hydrogen) atoms. The van der Waals surface area contributed by atoms with Crippen LogP contribution in [0.15, 0.2) is 24.3 Å². The van der Waals surface area contributed by atoms with Gasteiger partial charge < -0.3 is 4.90 Å². The number of aryl methyl sites for hydroxylation is 1. The Morgan fingerprint density at radius 3 is 2.83 bits per heavy atom. The summed E-state index contributed by atoms with van der Waals surface area (Å²) >= 11 is 0. The van der Waals surface area contributed by atoms with E-state index in [9.17, 15) is 4.79 Å². The summed E-state index contributed by atoms with van der Waals surface area (Å²) in [7, 11) is 0. The van der Waals surface area contributed by atoms with Crippen LogP contribution in [0.4, 0.5) is 0 Å². The van der Waals surface area contributed by atoms with Gasteiger partial charge in [-0.2, -0.15) is 0 Å². The molecule has 0 aromatic heterocycles. The van der Waals surface area contributed by atoms with Crippen molar-refractivity contribution in [1.82, 2.24) is 10.2 Å². The van der Waals surface area contributed by atoms with Crippen molar-refractivity contribution in [3.8, 4) is 0 Å². The van der Waals surface area contributed by atoms with Gasteiger partial charge in [-0.3, -0.25) is 10.1 Å². The lowest BCUT2D eigenvalue weighted by atomic mass is 10.1. The van der Waals surface area contributed by atoms with E-state index >= 15 is 0 Å². The van der Waals surface area contributed by atoms with Gasteiger partial charge >= 0.3 is 0 Å². The van der Waals surface area contributed by atoms with Crippen LogP contribution in [0.5, 0.6) is 0 Å². The summed E-state index contributed by atoms with van der Waals surface area (Å²) in [4.78, 5) is 14.4. The van der Waals surface area contributed by atoms with E-state index in [1.54, 1.807) is 0 Å². The normalized spacial score (nSPS) is 24.9. The molecular weight excluding hydrogens is 224 g/mol. The molecule has 1 N–H and O–H groups in total. The maximum Gasteiger partial charge on any atom is 0.244 e. The average Bonchev–Trinajstić information content (AvgIpc) is 3.08. The zero-order valence-electron chi connectivity index (χ0n) is 11.1. The van der Waals surface area contributed by atoms with Gasteiger partial charge in [0.1, 0.15) is 11.7 Å². The molecule has 3 rings (SSSR count). The highest BCUT2D eigenvalue weighted by Gasteiger charge is 2.59. The van der Waals surface area contributed by atoms with Crippen LogP contribution in [-0.2, 0) is 4.79 Å². The Morgan fingerprint density at radius 1 is 1.44 bits per heavy atom. The number of amides is 1. The molecule has 1 spiro atoms. The van der Waals surface area contributed by atoms with Gasteiger partial charge in [-0.05, 0) is 31.7 Å². The van der Waals surface area contributed by atoms with Gasteiger partial charge in [-0.1, -0.05) is 36.8 Å². The molecule has 3 nitrogen and oxygen atoms in total. The second kappa shape index (κ2) is 4.09. The number of carbonyl (C=O) groups is 1. The summed E-state index contributed by atoms with van der Waals surface area (Å²) in [5.41, 5.74) is 2.24. The second-order valence-electron chi connectivity index (χ2n) is 5.54. The van der Waals surface area contributed by atoms with Crippen LogP contribution in [0.3, 0.4) is 0 Å². The van der Waals surface area contributed by atoms with E-state index in [0.717, 1.165) is 25.8 Å². The van der Waals surface area contributed by atoms with Crippen LogP contribution in [0.2, 0.25) is 0 Å². The van der Waals surface area contributed by atoms with Crippen molar-refractivity contribution in [3.63, 3.8) is 0 Å². The number of carbonyl (C=O) groups excluding carboxylic acids is 1. The minimum atomic E-state index is -0.219. The first-order chi connectivity index (χ1) is 8.66. The predicted molar refractivity (Wildman–Crippen MR) is 71.0 cm³/mol. The maximum atomic E-state index is 12.4. The molecular formula is C15H20N2O. The molecule has 0 bridgehead atoms. The largest absolute Gasteiger partial charge is 0.321 e. The molecule has 1 saturated heterocycles. The van der Waals surface area contributed by atoms with Crippen molar-refractivity contribution in [2.75, 3.05) is 6.54 Å². The Morgan fingerprint density at radius 2 is 2.22 bits per heavy atom. The summed E-state index contributed by atoms with van der Waals surface area (Å²) in [5.74, 6) is 0.302. The second-order valence-corrected chi connectivity index (χ2v) is 5.54. The number of nitrogens with zero attached hydrogens (tertiary/aromatic N) is 1. The summed E-state index contributed by atoms with van der Waals surface area (Å²) < 4.78 is 0. The van der Waals surface area contributed by atoms with Crippen molar-refractivity contribution < 1.29 is 4.79 Å². The van der Waals surface area contributed by atoms with E-state index in [4.69, 9.17) is 0 Å². The predicted octanol–water partition coefficient (Wildman–Crippen LogP) is 2.37. The molecule has 1 heterocycles. The van der Waals surface area contributed by atoms with Crippen molar-refractivity contribution in [3.05, 3.63) is 35.4 Å². The van der Waals surface area contributed by atoms with Crippen LogP contribution in [0, 0.1) is 6.92 Å². The van der Waals surface area contributed by atoms with Crippen molar-refractivity contribution >= 4 is 5.91 Å². The third-order valence-corrected chi connectivity index (χ3v) is 3.97. The first-order valence-corrected chi connectivity index (χ1v) is 6.82. The Hall–Kier alpha value is -1.35. The van der Waals surface area contributed by atoms with E-state index in [2.05, 4.69) is 43.4 Å². The SMILES string of the molecule is CCCN1C(=O)C2(CC2)NC1c1cccc(C)c1. The number of benzene rings is 1. The van der Waals surface area contributed by atoms with E-state index in [1.165, 1.54) is 11.1 Å². The third-order valence-electron chi connectivity index (χ3n) is 3.97. The number of hydrogen-bond donors (Lipinski definition) is 1. The van der Waals surface area contributed by atoms with Crippen LogP contribution in [0.25, 0.3) is 0 Å². The first-order valence-electron chi connectivity index (χ1n) is 6.82. The maximum absolute atomic E-state index is 12.4. The van der Waals surface area contributed by atoms with Crippen molar-refractivity contribution in [2.45, 2.75) is 44.8 Å². The highest BCUT2D eigenvalue weighted by Crippen LogP contribution is 2.45. The van der Waals surface area contributed by atoms with Gasteiger partial charge in [0.05, 0.1) is 0 Å². The summed E-state index contributed by atoms with van der Waals surface area (Å²) in [5, 5.41) is 3.55. The zero-order chi connectivity index (χ0) is 12.8. The number of hydrogen-bond acceptors (Lipinski definition) is 2. The molecule has 1 aromatic rings. The molecule has 1 aromatic carbocycles. The monoisotopic (exact) mass is 244 g/mol. The van der Waals surface area contributed by atoms with Crippen LogP contribution >= 0.6 is 0 Å². The number of nitrogens with one attached hydrogen (secondary N) is 1. The average molecular weight is 244 g/mol. The molecule has 1 saturated carbocycles. The fourth-order valence-corrected chi connectivity index (χ4v) is 2.85. The summed E-state index contributed by atoms with van der Waals surface area (Å²) in [6, 6.07) is 8.45.